The van der Waals surface area contributed by atoms with Crippen LogP contribution in [-0.4, -0.2) is 36.6 Å². The van der Waals surface area contributed by atoms with Crippen LogP contribution in [0.4, 0.5) is 5.69 Å². The minimum Gasteiger partial charge on any atom is -0.325 e. The average molecular weight is 419 g/mol. The number of carbonyl (C=O) groups is 1. The summed E-state index contributed by atoms with van der Waals surface area (Å²) >= 11 is 1.32. The molecule has 7 nitrogen and oxygen atoms in total. The molecule has 0 saturated heterocycles. The third-order valence-electron chi connectivity index (χ3n) is 4.60. The van der Waals surface area contributed by atoms with E-state index in [-0.39, 0.29) is 11.7 Å². The molecule has 8 heteroatoms. The normalized spacial score (nSPS) is 11.0. The zero-order valence-electron chi connectivity index (χ0n) is 16.7. The number of carbonyl (C=O) groups excluding carboxylic acids is 1. The van der Waals surface area contributed by atoms with E-state index in [0.717, 1.165) is 17.8 Å². The Bertz CT molecular complexity index is 1130. The maximum atomic E-state index is 12.4. The molecular weight excluding hydrogens is 396 g/mol. The van der Waals surface area contributed by atoms with E-state index in [9.17, 15) is 4.79 Å². The smallest absolute Gasteiger partial charge is 0.234 e. The van der Waals surface area contributed by atoms with E-state index in [4.69, 9.17) is 0 Å². The number of hydrogen-bond acceptors (Lipinski definition) is 6. The van der Waals surface area contributed by atoms with Gasteiger partial charge in [-0.05, 0) is 42.7 Å². The Kier molecular flexibility index (Phi) is 6.34. The number of fused-ring (bicyclic) bond motifs is 1. The maximum Gasteiger partial charge on any atom is 0.234 e. The minimum atomic E-state index is -0.0940. The first-order valence-electron chi connectivity index (χ1n) is 9.88. The molecule has 4 aromatic rings. The zero-order valence-corrected chi connectivity index (χ0v) is 17.5. The fourth-order valence-corrected chi connectivity index (χ4v) is 3.77. The number of hydrogen-bond donors (Lipinski definition) is 1. The number of benzene rings is 2. The Morgan fingerprint density at radius 1 is 1.07 bits per heavy atom. The van der Waals surface area contributed by atoms with E-state index in [1.54, 1.807) is 4.68 Å². The molecule has 0 atom stereocenters. The van der Waals surface area contributed by atoms with Gasteiger partial charge in [0.1, 0.15) is 11.4 Å². The summed E-state index contributed by atoms with van der Waals surface area (Å²) in [7, 11) is 0. The molecule has 2 heterocycles. The zero-order chi connectivity index (χ0) is 20.8. The van der Waals surface area contributed by atoms with E-state index in [2.05, 4.69) is 44.7 Å². The van der Waals surface area contributed by atoms with Crippen LogP contribution in [-0.2, 0) is 11.2 Å². The second-order valence-corrected chi connectivity index (χ2v) is 7.79. The molecule has 2 aromatic heterocycles. The van der Waals surface area contributed by atoms with Crippen LogP contribution in [0.2, 0.25) is 0 Å². The molecule has 1 N–H and O–H groups in total. The maximum absolute atomic E-state index is 12.4. The third kappa shape index (κ3) is 4.65. The van der Waals surface area contributed by atoms with Crippen molar-refractivity contribution in [1.29, 1.82) is 0 Å². The number of anilines is 1. The average Bonchev–Trinajstić information content (AvgIpc) is 3.23. The van der Waals surface area contributed by atoms with E-state index < -0.39 is 0 Å². The number of aromatic nitrogens is 5. The molecule has 0 aliphatic carbocycles. The molecule has 0 aliphatic heterocycles. The molecule has 0 spiro atoms. The monoisotopic (exact) mass is 418 g/mol. The summed E-state index contributed by atoms with van der Waals surface area (Å²) in [6.07, 6.45) is 4.88. The molecule has 2 aromatic carbocycles. The number of rotatable bonds is 8. The van der Waals surface area contributed by atoms with Crippen molar-refractivity contribution in [2.45, 2.75) is 31.2 Å². The highest BCUT2D eigenvalue weighted by atomic mass is 32.2. The van der Waals surface area contributed by atoms with Crippen LogP contribution < -0.4 is 5.32 Å². The van der Waals surface area contributed by atoms with Crippen molar-refractivity contribution >= 4 is 34.5 Å². The van der Waals surface area contributed by atoms with Crippen LogP contribution in [0.5, 0.6) is 0 Å². The first-order valence-corrected chi connectivity index (χ1v) is 10.9. The number of nitrogens with one attached hydrogen (secondary N) is 1. The van der Waals surface area contributed by atoms with Crippen molar-refractivity contribution in [3.05, 3.63) is 66.5 Å². The summed E-state index contributed by atoms with van der Waals surface area (Å²) in [4.78, 5) is 21.0. The molecule has 0 aliphatic rings. The first kappa shape index (κ1) is 20.0. The summed E-state index contributed by atoms with van der Waals surface area (Å²) in [6.45, 7) is 2.18. The van der Waals surface area contributed by atoms with Gasteiger partial charge in [-0.25, -0.2) is 9.97 Å². The van der Waals surface area contributed by atoms with Crippen molar-refractivity contribution in [2.24, 2.45) is 0 Å². The Hall–Kier alpha value is -3.26. The number of nitrogens with zero attached hydrogens (tertiary/aromatic N) is 5. The van der Waals surface area contributed by atoms with Gasteiger partial charge >= 0.3 is 0 Å². The van der Waals surface area contributed by atoms with Gasteiger partial charge in [-0.1, -0.05) is 60.7 Å². The predicted molar refractivity (Wildman–Crippen MR) is 119 cm³/mol. The topological polar surface area (TPSA) is 85.6 Å². The van der Waals surface area contributed by atoms with Crippen molar-refractivity contribution < 1.29 is 4.79 Å². The lowest BCUT2D eigenvalue weighted by atomic mass is 10.1. The van der Waals surface area contributed by atoms with Gasteiger partial charge in [-0.15, -0.1) is 5.10 Å². The quantitative estimate of drug-likeness (QED) is 0.339. The SMILES string of the molecule is CCCCc1ccc(NC(=O)CSc2ncnc3c2nnn3-c2ccccc2)cc1. The Morgan fingerprint density at radius 3 is 2.63 bits per heavy atom. The second kappa shape index (κ2) is 9.49. The Labute approximate surface area is 178 Å². The second-order valence-electron chi connectivity index (χ2n) is 6.83. The molecule has 4 rings (SSSR count). The van der Waals surface area contributed by atoms with E-state index >= 15 is 0 Å². The lowest BCUT2D eigenvalue weighted by Crippen LogP contribution is -2.14. The predicted octanol–water partition coefficient (Wildman–Crippen LogP) is 4.28. The van der Waals surface area contributed by atoms with Crippen molar-refractivity contribution in [2.75, 3.05) is 11.1 Å². The van der Waals surface area contributed by atoms with Gasteiger partial charge in [-0.3, -0.25) is 4.79 Å². The van der Waals surface area contributed by atoms with Crippen molar-refractivity contribution in [3.8, 4) is 5.69 Å². The van der Waals surface area contributed by atoms with Gasteiger partial charge < -0.3 is 5.32 Å². The van der Waals surface area contributed by atoms with Crippen LogP contribution in [0.1, 0.15) is 25.3 Å². The third-order valence-corrected chi connectivity index (χ3v) is 5.58. The number of thioether (sulfide) groups is 1. The van der Waals surface area contributed by atoms with E-state index in [1.807, 2.05) is 42.5 Å². The summed E-state index contributed by atoms with van der Waals surface area (Å²) < 4.78 is 1.67. The van der Waals surface area contributed by atoms with Gasteiger partial charge in [0, 0.05) is 5.69 Å². The molecule has 152 valence electrons. The van der Waals surface area contributed by atoms with Crippen molar-refractivity contribution in [1.82, 2.24) is 25.0 Å². The molecule has 0 fully saturated rings. The number of unbranched alkanes of at least 4 members (excludes halogenated alkanes) is 1. The number of para-hydroxylation sites is 1. The molecular formula is C22H22N6OS. The fraction of sp³-hybridized carbons (Fsp3) is 0.227. The lowest BCUT2D eigenvalue weighted by Gasteiger charge is -2.06. The molecule has 0 bridgehead atoms. The lowest BCUT2D eigenvalue weighted by molar-refractivity contribution is -0.113. The van der Waals surface area contributed by atoms with Crippen molar-refractivity contribution in [3.63, 3.8) is 0 Å². The Morgan fingerprint density at radius 2 is 1.87 bits per heavy atom. The summed E-state index contributed by atoms with van der Waals surface area (Å²) in [6, 6.07) is 17.7. The highest BCUT2D eigenvalue weighted by Crippen LogP contribution is 2.24. The largest absolute Gasteiger partial charge is 0.325 e. The van der Waals surface area contributed by atoms with Crippen LogP contribution in [0.15, 0.2) is 66.0 Å². The standard InChI is InChI=1S/C22H22N6OS/c1-2-3-7-16-10-12-17(13-11-16)25-19(29)14-30-22-20-21(23-15-24-22)28(27-26-20)18-8-5-4-6-9-18/h4-6,8-13,15H,2-3,7,14H2,1H3,(H,25,29). The molecule has 0 unspecified atom stereocenters. The van der Waals surface area contributed by atoms with Gasteiger partial charge in [0.15, 0.2) is 11.2 Å². The molecule has 0 saturated carbocycles. The molecule has 1 amide bonds. The Balaban J connectivity index is 1.41. The summed E-state index contributed by atoms with van der Waals surface area (Å²) in [5.74, 6) is 0.130. The minimum absolute atomic E-state index is 0.0940. The highest BCUT2D eigenvalue weighted by Gasteiger charge is 2.14. The molecule has 30 heavy (non-hydrogen) atoms. The van der Waals surface area contributed by atoms with Gasteiger partial charge in [0.25, 0.3) is 0 Å². The van der Waals surface area contributed by atoms with Gasteiger partial charge in [0.2, 0.25) is 5.91 Å². The number of aryl methyl sites for hydroxylation is 1. The van der Waals surface area contributed by atoms with Gasteiger partial charge in [0.05, 0.1) is 11.4 Å². The number of amides is 1. The van der Waals surface area contributed by atoms with Crippen LogP contribution in [0.3, 0.4) is 0 Å². The van der Waals surface area contributed by atoms with Crippen LogP contribution >= 0.6 is 11.8 Å². The highest BCUT2D eigenvalue weighted by molar-refractivity contribution is 8.00. The van der Waals surface area contributed by atoms with Crippen LogP contribution in [0, 0.1) is 0 Å². The van der Waals surface area contributed by atoms with E-state index in [0.29, 0.717) is 16.2 Å². The summed E-state index contributed by atoms with van der Waals surface area (Å²) in [5.41, 5.74) is 4.15. The summed E-state index contributed by atoms with van der Waals surface area (Å²) in [5, 5.41) is 12.0. The first-order chi connectivity index (χ1) is 14.7. The van der Waals surface area contributed by atoms with E-state index in [1.165, 1.54) is 36.5 Å². The fourth-order valence-electron chi connectivity index (χ4n) is 3.04. The van der Waals surface area contributed by atoms with Crippen LogP contribution in [0.25, 0.3) is 16.9 Å². The van der Waals surface area contributed by atoms with Gasteiger partial charge in [-0.2, -0.15) is 4.68 Å². The molecule has 0 radical (unpaired) electrons.